The summed E-state index contributed by atoms with van der Waals surface area (Å²) in [5.74, 6) is -0.993. The Hall–Kier alpha value is -1.25. The average Bonchev–Trinajstić information content (AvgIpc) is 2.74. The van der Waals surface area contributed by atoms with E-state index >= 15 is 0 Å². The third kappa shape index (κ3) is 3.27. The van der Waals surface area contributed by atoms with Crippen molar-refractivity contribution in [3.8, 4) is 11.5 Å². The fraction of sp³-hybridized carbons (Fsp3) is 0.625. The van der Waals surface area contributed by atoms with Gasteiger partial charge >= 0.3 is 11.0 Å². The van der Waals surface area contributed by atoms with Crippen molar-refractivity contribution in [2.24, 2.45) is 0 Å². The lowest BCUT2D eigenvalue weighted by Crippen LogP contribution is -2.38. The van der Waals surface area contributed by atoms with Gasteiger partial charge in [0.2, 0.25) is 5.75 Å². The van der Waals surface area contributed by atoms with Gasteiger partial charge in [-0.2, -0.15) is 0 Å². The number of alkyl halides is 6. The summed E-state index contributed by atoms with van der Waals surface area (Å²) < 4.78 is 88.9. The number of rotatable bonds is 0. The largest absolute Gasteiger partial charge is 0.522 e. The third-order valence-electron chi connectivity index (χ3n) is 3.75. The number of halogens is 6. The Balaban J connectivity index is 2.75. The first-order valence-electron chi connectivity index (χ1n) is 7.44. The molecule has 1 aliphatic rings. The number of hydrogen-bond donors (Lipinski definition) is 0. The Labute approximate surface area is 144 Å². The van der Waals surface area contributed by atoms with Gasteiger partial charge in [0.25, 0.3) is 0 Å². The summed E-state index contributed by atoms with van der Waals surface area (Å²) in [5.41, 5.74) is -11.8. The second-order valence-electron chi connectivity index (χ2n) is 7.91. The van der Waals surface area contributed by atoms with E-state index in [4.69, 9.17) is 0 Å². The Morgan fingerprint density at radius 1 is 0.720 bits per heavy atom. The highest BCUT2D eigenvalue weighted by molar-refractivity contribution is 8.28. The third-order valence-corrected chi connectivity index (χ3v) is 5.78. The summed E-state index contributed by atoms with van der Waals surface area (Å²) in [6, 6.07) is 2.79. The molecule has 0 saturated heterocycles. The normalized spacial score (nSPS) is 19.0. The van der Waals surface area contributed by atoms with Crippen LogP contribution in [0.3, 0.4) is 0 Å². The zero-order chi connectivity index (χ0) is 19.6. The Morgan fingerprint density at radius 3 is 1.56 bits per heavy atom. The van der Waals surface area contributed by atoms with Crippen molar-refractivity contribution >= 4 is 10.6 Å². The molecule has 25 heavy (non-hydrogen) atoms. The SMILES string of the molecule is CC(C)(C)c1cc2c(c(C(C)(C)C)c1)OS(C(F)(F)F)(C(F)(F)F)O2. The van der Waals surface area contributed by atoms with E-state index in [0.29, 0.717) is 5.56 Å². The van der Waals surface area contributed by atoms with Gasteiger partial charge in [-0.25, -0.2) is 0 Å². The molecule has 0 saturated carbocycles. The standard InChI is InChI=1S/C16H20F6O2S/c1-13(2,3)9-7-10(14(4,5)6)12-11(8-9)23-25(24-12,15(17,18)19)16(20,21)22/h7-8H,1-6H3. The van der Waals surface area contributed by atoms with E-state index in [1.165, 1.54) is 6.07 Å². The van der Waals surface area contributed by atoms with Gasteiger partial charge in [-0.15, -0.1) is 26.3 Å². The van der Waals surface area contributed by atoms with Crippen LogP contribution >= 0.6 is 10.6 Å². The van der Waals surface area contributed by atoms with Crippen LogP contribution in [0.15, 0.2) is 12.1 Å². The molecule has 1 aromatic rings. The highest BCUT2D eigenvalue weighted by atomic mass is 32.3. The van der Waals surface area contributed by atoms with E-state index in [1.54, 1.807) is 26.8 Å². The van der Waals surface area contributed by atoms with E-state index in [-0.39, 0.29) is 5.56 Å². The maximum absolute atomic E-state index is 13.3. The monoisotopic (exact) mass is 390 g/mol. The predicted octanol–water partition coefficient (Wildman–Crippen LogP) is 6.73. The lowest BCUT2D eigenvalue weighted by Gasteiger charge is -2.39. The molecule has 0 radical (unpaired) electrons. The van der Waals surface area contributed by atoms with Crippen molar-refractivity contribution in [1.29, 1.82) is 0 Å². The van der Waals surface area contributed by atoms with Gasteiger partial charge in [0.15, 0.2) is 5.75 Å². The van der Waals surface area contributed by atoms with Crippen LogP contribution in [0.4, 0.5) is 26.3 Å². The highest BCUT2D eigenvalue weighted by Gasteiger charge is 2.71. The van der Waals surface area contributed by atoms with Crippen molar-refractivity contribution in [2.45, 2.75) is 63.4 Å². The molecule has 0 N–H and O–H groups in total. The van der Waals surface area contributed by atoms with Crippen molar-refractivity contribution in [1.82, 2.24) is 0 Å². The van der Waals surface area contributed by atoms with Gasteiger partial charge in [0, 0.05) is 5.56 Å². The van der Waals surface area contributed by atoms with Crippen molar-refractivity contribution < 1.29 is 34.7 Å². The van der Waals surface area contributed by atoms with Crippen LogP contribution in [0.2, 0.25) is 0 Å². The molecule has 0 bridgehead atoms. The molecule has 2 rings (SSSR count). The zero-order valence-corrected chi connectivity index (χ0v) is 15.5. The molecule has 0 aliphatic carbocycles. The van der Waals surface area contributed by atoms with Gasteiger partial charge in [-0.3, -0.25) is 0 Å². The average molecular weight is 390 g/mol. The van der Waals surface area contributed by atoms with Crippen molar-refractivity contribution in [2.75, 3.05) is 0 Å². The summed E-state index contributed by atoms with van der Waals surface area (Å²) in [6.45, 7) is 10.5. The first-order valence-corrected chi connectivity index (χ1v) is 8.92. The van der Waals surface area contributed by atoms with Gasteiger partial charge in [0.05, 0.1) is 10.6 Å². The Kier molecular flexibility index (Phi) is 4.31. The minimum Gasteiger partial charge on any atom is -0.364 e. The molecule has 1 heterocycles. The zero-order valence-electron chi connectivity index (χ0n) is 14.6. The van der Waals surface area contributed by atoms with Crippen molar-refractivity contribution in [3.05, 3.63) is 23.3 Å². The summed E-state index contributed by atoms with van der Waals surface area (Å²) >= 11 is 0. The molecule has 0 aromatic heterocycles. The lowest BCUT2D eigenvalue weighted by atomic mass is 9.80. The summed E-state index contributed by atoms with van der Waals surface area (Å²) in [4.78, 5) is 0. The lowest BCUT2D eigenvalue weighted by molar-refractivity contribution is -0.0970. The van der Waals surface area contributed by atoms with Crippen LogP contribution < -0.4 is 8.37 Å². The van der Waals surface area contributed by atoms with Gasteiger partial charge in [-0.1, -0.05) is 47.6 Å². The minimum absolute atomic E-state index is 0.248. The van der Waals surface area contributed by atoms with Gasteiger partial charge in [0.1, 0.15) is 0 Å². The van der Waals surface area contributed by atoms with Crippen LogP contribution in [0, 0.1) is 0 Å². The number of benzene rings is 1. The van der Waals surface area contributed by atoms with Crippen molar-refractivity contribution in [3.63, 3.8) is 0 Å². The molecule has 0 atom stereocenters. The molecule has 0 unspecified atom stereocenters. The first kappa shape index (κ1) is 20.1. The van der Waals surface area contributed by atoms with E-state index in [1.807, 2.05) is 20.8 Å². The maximum atomic E-state index is 13.3. The molecule has 2 nitrogen and oxygen atoms in total. The van der Waals surface area contributed by atoms with Crippen LogP contribution in [0.25, 0.3) is 0 Å². The van der Waals surface area contributed by atoms with Gasteiger partial charge in [-0.05, 0) is 22.5 Å². The fourth-order valence-electron chi connectivity index (χ4n) is 2.32. The molecule has 1 aliphatic heterocycles. The molecule has 0 amide bonds. The first-order chi connectivity index (χ1) is 10.9. The molecule has 9 heteroatoms. The quantitative estimate of drug-likeness (QED) is 0.458. The molecule has 1 aromatic carbocycles. The number of hydrogen-bond acceptors (Lipinski definition) is 2. The molecule has 0 spiro atoms. The smallest absolute Gasteiger partial charge is 0.364 e. The van der Waals surface area contributed by atoms with E-state index in [9.17, 15) is 26.3 Å². The molecule has 144 valence electrons. The number of fused-ring (bicyclic) bond motifs is 1. The fourth-order valence-corrected chi connectivity index (χ4v) is 3.78. The highest BCUT2D eigenvalue weighted by Crippen LogP contribution is 2.76. The van der Waals surface area contributed by atoms with E-state index in [0.717, 1.165) is 0 Å². The Bertz CT molecular complexity index is 666. The second-order valence-corrected chi connectivity index (χ2v) is 10.2. The van der Waals surface area contributed by atoms with Crippen LogP contribution in [-0.4, -0.2) is 11.0 Å². The Morgan fingerprint density at radius 2 is 1.20 bits per heavy atom. The molecular weight excluding hydrogens is 370 g/mol. The van der Waals surface area contributed by atoms with Crippen LogP contribution in [0.5, 0.6) is 11.5 Å². The van der Waals surface area contributed by atoms with E-state index in [2.05, 4.69) is 8.37 Å². The maximum Gasteiger partial charge on any atom is 0.522 e. The van der Waals surface area contributed by atoms with Crippen LogP contribution in [-0.2, 0) is 10.8 Å². The molecular formula is C16H20F6O2S. The van der Waals surface area contributed by atoms with Crippen LogP contribution in [0.1, 0.15) is 52.7 Å². The second kappa shape index (κ2) is 5.37. The summed E-state index contributed by atoms with van der Waals surface area (Å²) in [7, 11) is -5.80. The van der Waals surface area contributed by atoms with Gasteiger partial charge < -0.3 is 8.37 Å². The van der Waals surface area contributed by atoms with E-state index < -0.39 is 43.9 Å². The predicted molar refractivity (Wildman–Crippen MR) is 84.8 cm³/mol. The molecule has 0 fully saturated rings. The summed E-state index contributed by atoms with van der Waals surface area (Å²) in [6.07, 6.45) is 0. The summed E-state index contributed by atoms with van der Waals surface area (Å²) in [5, 5.41) is 0. The minimum atomic E-state index is -5.80. The topological polar surface area (TPSA) is 18.5 Å².